The molecule has 11 aromatic rings. The first-order chi connectivity index (χ1) is 27.7. The Morgan fingerprint density at radius 3 is 1.98 bits per heavy atom. The SMILES string of the molecule is c1ccc(-n2c3ccccc3c3cc(-c4cc(-c5cccc(-c6cccnc6)c5)c5nc(-c6ccc(-c7cccc8ccccc78)cc6)oc5c4)ccc32)cc1. The fourth-order valence-corrected chi connectivity index (χ4v) is 8.22. The zero-order chi connectivity index (χ0) is 37.0. The molecule has 0 spiro atoms. The third-order valence-corrected chi connectivity index (χ3v) is 10.9. The molecule has 0 radical (unpaired) electrons. The van der Waals surface area contributed by atoms with Crippen molar-refractivity contribution in [3.8, 4) is 61.6 Å². The fraction of sp³-hybridized carbons (Fsp3) is 0. The van der Waals surface area contributed by atoms with E-state index < -0.39 is 0 Å². The van der Waals surface area contributed by atoms with E-state index in [0.29, 0.717) is 5.89 Å². The van der Waals surface area contributed by atoms with Crippen LogP contribution in [0.4, 0.5) is 0 Å². The van der Waals surface area contributed by atoms with Crippen LogP contribution in [-0.4, -0.2) is 14.5 Å². The molecular formula is C52H33N3O. The Morgan fingerprint density at radius 2 is 1.11 bits per heavy atom. The van der Waals surface area contributed by atoms with E-state index in [1.54, 1.807) is 6.20 Å². The van der Waals surface area contributed by atoms with Gasteiger partial charge in [-0.3, -0.25) is 4.98 Å². The molecule has 0 aliphatic carbocycles. The molecule has 0 N–H and O–H groups in total. The van der Waals surface area contributed by atoms with Gasteiger partial charge in [-0.05, 0) is 111 Å². The highest BCUT2D eigenvalue weighted by Gasteiger charge is 2.19. The summed E-state index contributed by atoms with van der Waals surface area (Å²) in [4.78, 5) is 9.58. The number of aromatic nitrogens is 3. The minimum absolute atomic E-state index is 0.590. The van der Waals surface area contributed by atoms with Crippen molar-refractivity contribution in [1.82, 2.24) is 14.5 Å². The molecule has 0 bridgehead atoms. The predicted molar refractivity (Wildman–Crippen MR) is 231 cm³/mol. The van der Waals surface area contributed by atoms with Gasteiger partial charge < -0.3 is 8.98 Å². The molecule has 0 unspecified atom stereocenters. The maximum Gasteiger partial charge on any atom is 0.227 e. The van der Waals surface area contributed by atoms with Crippen LogP contribution in [0.1, 0.15) is 0 Å². The van der Waals surface area contributed by atoms with Gasteiger partial charge >= 0.3 is 0 Å². The topological polar surface area (TPSA) is 43.9 Å². The number of pyridine rings is 1. The lowest BCUT2D eigenvalue weighted by Gasteiger charge is -2.10. The summed E-state index contributed by atoms with van der Waals surface area (Å²) in [6, 6.07) is 66.6. The molecule has 3 aromatic heterocycles. The van der Waals surface area contributed by atoms with Crippen LogP contribution in [0.5, 0.6) is 0 Å². The van der Waals surface area contributed by atoms with Crippen molar-refractivity contribution < 1.29 is 4.42 Å². The molecule has 262 valence electrons. The number of fused-ring (bicyclic) bond motifs is 5. The summed E-state index contributed by atoms with van der Waals surface area (Å²) < 4.78 is 9.05. The van der Waals surface area contributed by atoms with Crippen molar-refractivity contribution in [1.29, 1.82) is 0 Å². The van der Waals surface area contributed by atoms with E-state index in [2.05, 4.69) is 192 Å². The van der Waals surface area contributed by atoms with Crippen LogP contribution in [0, 0.1) is 0 Å². The molecule has 0 aliphatic heterocycles. The van der Waals surface area contributed by atoms with Crippen molar-refractivity contribution in [2.75, 3.05) is 0 Å². The number of nitrogens with zero attached hydrogens (tertiary/aromatic N) is 3. The second-order valence-electron chi connectivity index (χ2n) is 14.2. The van der Waals surface area contributed by atoms with Gasteiger partial charge in [0.05, 0.1) is 11.0 Å². The average molecular weight is 716 g/mol. The third-order valence-electron chi connectivity index (χ3n) is 10.9. The van der Waals surface area contributed by atoms with E-state index in [-0.39, 0.29) is 0 Å². The van der Waals surface area contributed by atoms with Crippen LogP contribution < -0.4 is 0 Å². The lowest BCUT2D eigenvalue weighted by molar-refractivity contribution is 0.620. The number of oxazole rings is 1. The molecule has 0 fully saturated rings. The van der Waals surface area contributed by atoms with Gasteiger partial charge in [0.1, 0.15) is 5.52 Å². The van der Waals surface area contributed by atoms with Crippen molar-refractivity contribution in [3.63, 3.8) is 0 Å². The Bertz CT molecular complexity index is 3230. The van der Waals surface area contributed by atoms with E-state index in [1.165, 1.54) is 38.1 Å². The first kappa shape index (κ1) is 31.9. The first-order valence-electron chi connectivity index (χ1n) is 18.9. The van der Waals surface area contributed by atoms with Gasteiger partial charge in [0.2, 0.25) is 5.89 Å². The van der Waals surface area contributed by atoms with Gasteiger partial charge in [-0.2, -0.15) is 0 Å². The Kier molecular flexibility index (Phi) is 7.46. The van der Waals surface area contributed by atoms with E-state index in [0.717, 1.165) is 61.3 Å². The van der Waals surface area contributed by atoms with Gasteiger partial charge in [-0.25, -0.2) is 4.98 Å². The van der Waals surface area contributed by atoms with Crippen LogP contribution in [-0.2, 0) is 0 Å². The summed E-state index contributed by atoms with van der Waals surface area (Å²) in [6.07, 6.45) is 3.71. The summed E-state index contributed by atoms with van der Waals surface area (Å²) in [5, 5.41) is 4.88. The van der Waals surface area contributed by atoms with Crippen molar-refractivity contribution in [2.24, 2.45) is 0 Å². The minimum atomic E-state index is 0.590. The highest BCUT2D eigenvalue weighted by atomic mass is 16.3. The summed E-state index contributed by atoms with van der Waals surface area (Å²) in [5.41, 5.74) is 14.7. The monoisotopic (exact) mass is 715 g/mol. The highest BCUT2D eigenvalue weighted by molar-refractivity contribution is 6.11. The van der Waals surface area contributed by atoms with Crippen molar-refractivity contribution in [3.05, 3.63) is 200 Å². The molecule has 8 aromatic carbocycles. The largest absolute Gasteiger partial charge is 0.436 e. The van der Waals surface area contributed by atoms with E-state index in [1.807, 2.05) is 12.3 Å². The molecule has 0 saturated heterocycles. The quantitative estimate of drug-likeness (QED) is 0.172. The van der Waals surface area contributed by atoms with Gasteiger partial charge in [-0.1, -0.05) is 121 Å². The zero-order valence-electron chi connectivity index (χ0n) is 30.3. The Labute approximate surface area is 323 Å². The van der Waals surface area contributed by atoms with E-state index in [4.69, 9.17) is 9.40 Å². The van der Waals surface area contributed by atoms with E-state index >= 15 is 0 Å². The Morgan fingerprint density at radius 1 is 0.411 bits per heavy atom. The number of rotatable bonds is 6. The van der Waals surface area contributed by atoms with Crippen LogP contribution in [0.25, 0.3) is 105 Å². The lowest BCUT2D eigenvalue weighted by Crippen LogP contribution is -1.92. The predicted octanol–water partition coefficient (Wildman–Crippen LogP) is 13.8. The Hall–Kier alpha value is -7.56. The Balaban J connectivity index is 1.07. The maximum atomic E-state index is 6.70. The maximum absolute atomic E-state index is 6.70. The fourth-order valence-electron chi connectivity index (χ4n) is 8.22. The van der Waals surface area contributed by atoms with Crippen LogP contribution >= 0.6 is 0 Å². The second kappa shape index (κ2) is 13.1. The number of benzene rings is 8. The van der Waals surface area contributed by atoms with Gasteiger partial charge in [0, 0.05) is 45.5 Å². The van der Waals surface area contributed by atoms with Crippen LogP contribution in [0.3, 0.4) is 0 Å². The molecule has 4 nitrogen and oxygen atoms in total. The normalized spacial score (nSPS) is 11.6. The minimum Gasteiger partial charge on any atom is -0.436 e. The molecule has 3 heterocycles. The molecule has 0 saturated carbocycles. The molecule has 4 heteroatoms. The third kappa shape index (κ3) is 5.39. The van der Waals surface area contributed by atoms with Crippen LogP contribution in [0.2, 0.25) is 0 Å². The number of hydrogen-bond donors (Lipinski definition) is 0. The molecule has 0 amide bonds. The zero-order valence-corrected chi connectivity index (χ0v) is 30.3. The van der Waals surface area contributed by atoms with E-state index in [9.17, 15) is 0 Å². The molecular weight excluding hydrogens is 683 g/mol. The van der Waals surface area contributed by atoms with Gasteiger partial charge in [0.15, 0.2) is 5.58 Å². The van der Waals surface area contributed by atoms with Crippen LogP contribution in [0.15, 0.2) is 205 Å². The molecule has 56 heavy (non-hydrogen) atoms. The lowest BCUT2D eigenvalue weighted by atomic mass is 9.95. The summed E-state index contributed by atoms with van der Waals surface area (Å²) in [6.45, 7) is 0. The number of para-hydroxylation sites is 2. The van der Waals surface area contributed by atoms with Crippen molar-refractivity contribution in [2.45, 2.75) is 0 Å². The summed E-state index contributed by atoms with van der Waals surface area (Å²) >= 11 is 0. The molecule has 0 aliphatic rings. The van der Waals surface area contributed by atoms with Gasteiger partial charge in [-0.15, -0.1) is 0 Å². The number of hydrogen-bond acceptors (Lipinski definition) is 3. The standard InChI is InChI=1S/C52H33N3O/c1-2-16-42(17-3-1)55-48-21-7-6-19-45(48)47-30-38(26-27-49(47)55)41-31-46(39-14-8-13-37(29-39)40-15-10-28-53-33-40)51-50(32-41)56-52(54-51)36-24-22-35(23-25-36)44-20-9-12-34-11-4-5-18-43(34)44/h1-33H. The van der Waals surface area contributed by atoms with Crippen molar-refractivity contribution >= 4 is 43.7 Å². The smallest absolute Gasteiger partial charge is 0.227 e. The molecule has 11 rings (SSSR count). The second-order valence-corrected chi connectivity index (χ2v) is 14.2. The highest BCUT2D eigenvalue weighted by Crippen LogP contribution is 2.40. The summed E-state index contributed by atoms with van der Waals surface area (Å²) in [5.74, 6) is 0.590. The summed E-state index contributed by atoms with van der Waals surface area (Å²) in [7, 11) is 0. The average Bonchev–Trinajstić information content (AvgIpc) is 3.86. The van der Waals surface area contributed by atoms with Gasteiger partial charge in [0.25, 0.3) is 0 Å². The first-order valence-corrected chi connectivity index (χ1v) is 18.9. The molecule has 0 atom stereocenters.